The molecule has 0 unspecified atom stereocenters. The first kappa shape index (κ1) is 16.9. The van der Waals surface area contributed by atoms with E-state index in [0.29, 0.717) is 18.5 Å². The van der Waals surface area contributed by atoms with Crippen molar-refractivity contribution >= 4 is 17.7 Å². The summed E-state index contributed by atoms with van der Waals surface area (Å²) in [5, 5.41) is 11.6. The second-order valence-electron chi connectivity index (χ2n) is 6.57. The Morgan fingerprint density at radius 2 is 1.73 bits per heavy atom. The highest BCUT2D eigenvalue weighted by Crippen LogP contribution is 2.37. The molecule has 2 aliphatic heterocycles. The second-order valence-corrected chi connectivity index (χ2v) is 6.57. The molecular weight excluding hydrogens is 284 g/mol. The summed E-state index contributed by atoms with van der Waals surface area (Å²) in [6.07, 6.45) is 4.82. The van der Waals surface area contributed by atoms with Crippen LogP contribution in [-0.4, -0.2) is 52.3 Å². The molecule has 6 nitrogen and oxygen atoms in total. The number of ketones is 1. The Morgan fingerprint density at radius 1 is 1.18 bits per heavy atom. The minimum absolute atomic E-state index is 0.183. The van der Waals surface area contributed by atoms with E-state index in [-0.39, 0.29) is 30.6 Å². The van der Waals surface area contributed by atoms with Crippen molar-refractivity contribution in [1.29, 1.82) is 0 Å². The van der Waals surface area contributed by atoms with Crippen LogP contribution in [0.2, 0.25) is 0 Å². The number of nitrogens with zero attached hydrogens (tertiary/aromatic N) is 1. The summed E-state index contributed by atoms with van der Waals surface area (Å²) in [5.41, 5.74) is 0. The van der Waals surface area contributed by atoms with Gasteiger partial charge in [-0.2, -0.15) is 0 Å². The van der Waals surface area contributed by atoms with E-state index in [1.807, 2.05) is 6.92 Å². The predicted octanol–water partition coefficient (Wildman–Crippen LogP) is 1.19. The third-order valence-electron chi connectivity index (χ3n) is 5.09. The Kier molecular flexibility index (Phi) is 5.56. The fourth-order valence-corrected chi connectivity index (χ4v) is 3.49. The maximum atomic E-state index is 12.5. The number of carbonyl (C=O) groups is 3. The molecule has 22 heavy (non-hydrogen) atoms. The Labute approximate surface area is 131 Å². The predicted molar refractivity (Wildman–Crippen MR) is 81.4 cm³/mol. The van der Waals surface area contributed by atoms with Crippen molar-refractivity contribution in [2.24, 2.45) is 5.92 Å². The topological polar surface area (TPSA) is 86.7 Å². The van der Waals surface area contributed by atoms with Crippen LogP contribution in [0.3, 0.4) is 0 Å². The molecule has 2 fully saturated rings. The van der Waals surface area contributed by atoms with Gasteiger partial charge in [0.25, 0.3) is 0 Å². The van der Waals surface area contributed by atoms with Crippen molar-refractivity contribution in [3.8, 4) is 0 Å². The highest BCUT2D eigenvalue weighted by molar-refractivity contribution is 5.93. The van der Waals surface area contributed by atoms with Gasteiger partial charge >= 0.3 is 5.97 Å². The van der Waals surface area contributed by atoms with Gasteiger partial charge in [0.1, 0.15) is 0 Å². The second kappa shape index (κ2) is 7.22. The summed E-state index contributed by atoms with van der Waals surface area (Å²) in [6, 6.07) is 0.00777. The molecule has 2 saturated heterocycles. The summed E-state index contributed by atoms with van der Waals surface area (Å²) >= 11 is 0. The van der Waals surface area contributed by atoms with E-state index in [2.05, 4.69) is 10.2 Å². The van der Waals surface area contributed by atoms with Crippen LogP contribution in [0.15, 0.2) is 0 Å². The zero-order chi connectivity index (χ0) is 16.3. The normalized spacial score (nSPS) is 26.6. The first-order valence-corrected chi connectivity index (χ1v) is 8.23. The van der Waals surface area contributed by atoms with Gasteiger partial charge in [0.05, 0.1) is 19.0 Å². The third kappa shape index (κ3) is 3.85. The third-order valence-corrected chi connectivity index (χ3v) is 5.09. The summed E-state index contributed by atoms with van der Waals surface area (Å²) in [7, 11) is 0. The molecule has 2 heterocycles. The summed E-state index contributed by atoms with van der Waals surface area (Å²) < 4.78 is 0. The lowest BCUT2D eigenvalue weighted by Gasteiger charge is -2.24. The van der Waals surface area contributed by atoms with Crippen molar-refractivity contribution < 1.29 is 19.5 Å². The van der Waals surface area contributed by atoms with Crippen molar-refractivity contribution in [3.63, 3.8) is 0 Å². The molecule has 0 radical (unpaired) electrons. The minimum Gasteiger partial charge on any atom is -0.481 e. The number of Topliss-reactive ketones (excluding diaryl/α,β-unsaturated/α-hetero) is 1. The van der Waals surface area contributed by atoms with Gasteiger partial charge in [-0.1, -0.05) is 13.8 Å². The molecule has 0 saturated carbocycles. The van der Waals surface area contributed by atoms with Crippen LogP contribution in [0.25, 0.3) is 0 Å². The van der Waals surface area contributed by atoms with Gasteiger partial charge < -0.3 is 10.4 Å². The fourth-order valence-electron chi connectivity index (χ4n) is 3.49. The number of carboxylic acids is 1. The van der Waals surface area contributed by atoms with E-state index in [1.165, 1.54) is 0 Å². The number of hydrogen-bond acceptors (Lipinski definition) is 4. The number of rotatable bonds is 8. The van der Waals surface area contributed by atoms with Crippen molar-refractivity contribution in [1.82, 2.24) is 10.2 Å². The van der Waals surface area contributed by atoms with Gasteiger partial charge in [-0.05, 0) is 32.1 Å². The summed E-state index contributed by atoms with van der Waals surface area (Å²) in [6.45, 7) is 3.92. The number of carbonyl (C=O) groups excluding carboxylic acids is 2. The number of fused-ring (bicyclic) bond motifs is 2. The van der Waals surface area contributed by atoms with Crippen molar-refractivity contribution in [2.75, 3.05) is 6.54 Å². The molecule has 2 atom stereocenters. The Bertz CT molecular complexity index is 431. The summed E-state index contributed by atoms with van der Waals surface area (Å²) in [4.78, 5) is 37.7. The smallest absolute Gasteiger partial charge is 0.305 e. The Morgan fingerprint density at radius 3 is 2.18 bits per heavy atom. The van der Waals surface area contributed by atoms with E-state index in [0.717, 1.165) is 25.7 Å². The molecule has 1 amide bonds. The van der Waals surface area contributed by atoms with Crippen LogP contribution in [0.5, 0.6) is 0 Å². The van der Waals surface area contributed by atoms with Gasteiger partial charge in [0, 0.05) is 18.0 Å². The van der Waals surface area contributed by atoms with Crippen molar-refractivity contribution in [3.05, 3.63) is 0 Å². The molecule has 0 aromatic carbocycles. The number of hydrogen-bond donors (Lipinski definition) is 2. The van der Waals surface area contributed by atoms with E-state index >= 15 is 0 Å². The van der Waals surface area contributed by atoms with Crippen LogP contribution >= 0.6 is 0 Å². The van der Waals surface area contributed by atoms with Gasteiger partial charge in [0.15, 0.2) is 5.78 Å². The number of nitrogens with one attached hydrogen (secondary N) is 1. The lowest BCUT2D eigenvalue weighted by Crippen LogP contribution is -2.48. The van der Waals surface area contributed by atoms with Gasteiger partial charge in [0.2, 0.25) is 5.91 Å². The van der Waals surface area contributed by atoms with Crippen molar-refractivity contribution in [2.45, 2.75) is 70.5 Å². The largest absolute Gasteiger partial charge is 0.481 e. The van der Waals surface area contributed by atoms with Crippen LogP contribution in [-0.2, 0) is 14.4 Å². The standard InChI is InChI=1S/C16H26N2O4/c1-3-10(2)16(22)17-13(8-15(20)21)14(19)9-18-11-4-5-12(18)7-6-11/h10-13H,3-9H2,1-2H3,(H,17,22)(H,20,21)/t10-,11?,12?,13-/m0/s1. The van der Waals surface area contributed by atoms with E-state index in [9.17, 15) is 14.4 Å². The number of amides is 1. The molecule has 2 aliphatic rings. The first-order chi connectivity index (χ1) is 10.4. The highest BCUT2D eigenvalue weighted by atomic mass is 16.4. The molecule has 0 aliphatic carbocycles. The Balaban J connectivity index is 1.96. The first-order valence-electron chi connectivity index (χ1n) is 8.23. The number of aliphatic carboxylic acids is 1. The zero-order valence-corrected chi connectivity index (χ0v) is 13.4. The maximum absolute atomic E-state index is 12.5. The Hall–Kier alpha value is -1.43. The minimum atomic E-state index is -1.06. The number of carboxylic acid groups (broad SMARTS) is 1. The SMILES string of the molecule is CC[C@H](C)C(=O)N[C@@H](CC(=O)O)C(=O)CN1C2CCC1CC2. The lowest BCUT2D eigenvalue weighted by atomic mass is 10.0. The molecule has 0 aromatic heterocycles. The van der Waals surface area contributed by atoms with Crippen LogP contribution in [0, 0.1) is 5.92 Å². The van der Waals surface area contributed by atoms with Gasteiger partial charge in [-0.25, -0.2) is 0 Å². The summed E-state index contributed by atoms with van der Waals surface area (Å²) in [5.74, 6) is -1.70. The monoisotopic (exact) mass is 310 g/mol. The molecule has 6 heteroatoms. The lowest BCUT2D eigenvalue weighted by molar-refractivity contribution is -0.140. The molecule has 2 bridgehead atoms. The zero-order valence-electron chi connectivity index (χ0n) is 13.4. The van der Waals surface area contributed by atoms with E-state index in [4.69, 9.17) is 5.11 Å². The molecule has 2 N–H and O–H groups in total. The average Bonchev–Trinajstić information content (AvgIpc) is 3.04. The molecular formula is C16H26N2O4. The highest BCUT2D eigenvalue weighted by Gasteiger charge is 2.41. The average molecular weight is 310 g/mol. The quantitative estimate of drug-likeness (QED) is 0.703. The van der Waals surface area contributed by atoms with E-state index < -0.39 is 12.0 Å². The van der Waals surface area contributed by atoms with Crippen LogP contribution in [0.4, 0.5) is 0 Å². The molecule has 124 valence electrons. The van der Waals surface area contributed by atoms with Crippen LogP contribution in [0.1, 0.15) is 52.4 Å². The van der Waals surface area contributed by atoms with E-state index in [1.54, 1.807) is 6.92 Å². The molecule has 2 rings (SSSR count). The van der Waals surface area contributed by atoms with Gasteiger partial charge in [-0.3, -0.25) is 19.3 Å². The maximum Gasteiger partial charge on any atom is 0.305 e. The van der Waals surface area contributed by atoms with Gasteiger partial charge in [-0.15, -0.1) is 0 Å². The van der Waals surface area contributed by atoms with Crippen LogP contribution < -0.4 is 5.32 Å². The molecule has 0 spiro atoms. The molecule has 0 aromatic rings. The fraction of sp³-hybridized carbons (Fsp3) is 0.812.